The smallest absolute Gasteiger partial charge is 0.269 e. The molecule has 3 N–H and O–H groups in total. The number of aromatic nitrogens is 3. The predicted molar refractivity (Wildman–Crippen MR) is 101 cm³/mol. The molecule has 2 aromatic heterocycles. The first-order valence-corrected chi connectivity index (χ1v) is 8.19. The minimum atomic E-state index is -0.176. The molecule has 7 nitrogen and oxygen atoms in total. The Hall–Kier alpha value is -2.12. The van der Waals surface area contributed by atoms with Gasteiger partial charge in [-0.05, 0) is 32.7 Å². The number of nitrogens with one attached hydrogen (secondary N) is 1. The van der Waals surface area contributed by atoms with Crippen LogP contribution >= 0.6 is 12.4 Å². The van der Waals surface area contributed by atoms with Gasteiger partial charge >= 0.3 is 0 Å². The summed E-state index contributed by atoms with van der Waals surface area (Å²) in [6.45, 7) is 6.22. The highest BCUT2D eigenvalue weighted by molar-refractivity contribution is 5.85. The largest absolute Gasteiger partial charge is 0.370 e. The first-order valence-electron chi connectivity index (χ1n) is 8.19. The van der Waals surface area contributed by atoms with E-state index in [1.807, 2.05) is 0 Å². The highest BCUT2D eigenvalue weighted by Crippen LogP contribution is 2.21. The zero-order valence-corrected chi connectivity index (χ0v) is 15.3. The average Bonchev–Trinajstić information content (AvgIpc) is 3.06. The molecular weight excluding hydrogens is 342 g/mol. The molecule has 1 fully saturated rings. The topological polar surface area (TPSA) is 97.0 Å². The molecule has 3 heterocycles. The highest BCUT2D eigenvalue weighted by atomic mass is 35.5. The molecule has 1 saturated heterocycles. The number of H-pyrrole nitrogens is 1. The van der Waals surface area contributed by atoms with E-state index in [1.165, 1.54) is 4.68 Å². The van der Waals surface area contributed by atoms with Crippen molar-refractivity contribution in [1.82, 2.24) is 14.8 Å². The van der Waals surface area contributed by atoms with Crippen molar-refractivity contribution in [2.75, 3.05) is 24.5 Å². The molecule has 0 aliphatic carbocycles. The van der Waals surface area contributed by atoms with Gasteiger partial charge in [0.2, 0.25) is 0 Å². The molecule has 0 radical (unpaired) electrons. The SMILES string of the molecule is Cc1c[nH]c(Cn2ncc(N3CCC(CN)C3)cc2=O)c(C)c1=O.Cl. The van der Waals surface area contributed by atoms with E-state index in [1.54, 1.807) is 32.3 Å². The zero-order chi connectivity index (χ0) is 17.3. The molecule has 2 aromatic rings. The molecule has 1 atom stereocenters. The van der Waals surface area contributed by atoms with Crippen molar-refractivity contribution in [2.45, 2.75) is 26.8 Å². The van der Waals surface area contributed by atoms with Crippen LogP contribution in [0.4, 0.5) is 5.69 Å². The van der Waals surface area contributed by atoms with Gasteiger partial charge < -0.3 is 15.6 Å². The maximum atomic E-state index is 12.4. The molecule has 0 amide bonds. The molecule has 0 saturated carbocycles. The van der Waals surface area contributed by atoms with Gasteiger partial charge in [0.1, 0.15) is 0 Å². The lowest BCUT2D eigenvalue weighted by Gasteiger charge is -2.18. The van der Waals surface area contributed by atoms with Crippen LogP contribution in [0, 0.1) is 19.8 Å². The lowest BCUT2D eigenvalue weighted by Crippen LogP contribution is -2.28. The molecule has 3 rings (SSSR count). The van der Waals surface area contributed by atoms with Gasteiger partial charge in [0.25, 0.3) is 5.56 Å². The van der Waals surface area contributed by atoms with Crippen molar-refractivity contribution in [2.24, 2.45) is 11.7 Å². The number of nitrogens with zero attached hydrogens (tertiary/aromatic N) is 3. The summed E-state index contributed by atoms with van der Waals surface area (Å²) in [5, 5.41) is 4.27. The summed E-state index contributed by atoms with van der Waals surface area (Å²) in [4.78, 5) is 29.6. The van der Waals surface area contributed by atoms with Crippen LogP contribution in [0.25, 0.3) is 0 Å². The van der Waals surface area contributed by atoms with Crippen molar-refractivity contribution in [3.8, 4) is 0 Å². The van der Waals surface area contributed by atoms with Crippen molar-refractivity contribution < 1.29 is 0 Å². The summed E-state index contributed by atoms with van der Waals surface area (Å²) >= 11 is 0. The van der Waals surface area contributed by atoms with Gasteiger partial charge in [-0.1, -0.05) is 0 Å². The summed E-state index contributed by atoms with van der Waals surface area (Å²) in [7, 11) is 0. The van der Waals surface area contributed by atoms with Gasteiger partial charge in [-0.15, -0.1) is 12.4 Å². The Bertz CT molecular complexity index is 861. The minimum absolute atomic E-state index is 0. The van der Waals surface area contributed by atoms with E-state index in [4.69, 9.17) is 5.73 Å². The van der Waals surface area contributed by atoms with Gasteiger partial charge in [-0.2, -0.15) is 5.10 Å². The average molecular weight is 366 g/mol. The maximum absolute atomic E-state index is 12.4. The first-order chi connectivity index (χ1) is 11.5. The molecule has 136 valence electrons. The van der Waals surface area contributed by atoms with E-state index in [0.717, 1.165) is 25.2 Å². The number of hydrogen-bond donors (Lipinski definition) is 2. The van der Waals surface area contributed by atoms with Crippen LogP contribution < -0.4 is 21.6 Å². The number of aryl methyl sites for hydroxylation is 1. The number of nitrogens with two attached hydrogens (primary N) is 1. The second-order valence-corrected chi connectivity index (χ2v) is 6.45. The molecule has 1 aliphatic heterocycles. The molecule has 1 aliphatic rings. The highest BCUT2D eigenvalue weighted by Gasteiger charge is 2.22. The lowest BCUT2D eigenvalue weighted by molar-refractivity contribution is 0.601. The number of anilines is 1. The maximum Gasteiger partial charge on any atom is 0.269 e. The Kier molecular flexibility index (Phi) is 6.02. The third-order valence-corrected chi connectivity index (χ3v) is 4.76. The van der Waals surface area contributed by atoms with Gasteiger partial charge in [0.15, 0.2) is 5.43 Å². The Morgan fingerprint density at radius 1 is 1.36 bits per heavy atom. The molecule has 0 aromatic carbocycles. The standard InChI is InChI=1S/C17H23N5O2.ClH/c1-11-7-19-15(12(2)17(11)24)10-22-16(23)5-14(8-20-22)21-4-3-13(6-18)9-21;/h5,7-8,13H,3-4,6,9-10,18H2,1-2H3,(H,19,24);1H. The fourth-order valence-corrected chi connectivity index (χ4v) is 3.09. The van der Waals surface area contributed by atoms with E-state index in [9.17, 15) is 9.59 Å². The number of hydrogen-bond acceptors (Lipinski definition) is 5. The fraction of sp³-hybridized carbons (Fsp3) is 0.471. The van der Waals surface area contributed by atoms with E-state index in [0.29, 0.717) is 29.3 Å². The molecule has 1 unspecified atom stereocenters. The zero-order valence-electron chi connectivity index (χ0n) is 14.5. The van der Waals surface area contributed by atoms with Gasteiger partial charge in [-0.3, -0.25) is 9.59 Å². The number of rotatable bonds is 4. The van der Waals surface area contributed by atoms with Crippen LogP contribution in [0.3, 0.4) is 0 Å². The molecule has 0 bridgehead atoms. The van der Waals surface area contributed by atoms with Crippen LogP contribution in [0.1, 0.15) is 23.2 Å². The fourth-order valence-electron chi connectivity index (χ4n) is 3.09. The van der Waals surface area contributed by atoms with Crippen LogP contribution in [0.5, 0.6) is 0 Å². The Balaban J connectivity index is 0.00000225. The number of halogens is 1. The molecule has 0 spiro atoms. The second-order valence-electron chi connectivity index (χ2n) is 6.45. The summed E-state index contributed by atoms with van der Waals surface area (Å²) < 4.78 is 1.37. The lowest BCUT2D eigenvalue weighted by atomic mass is 10.1. The van der Waals surface area contributed by atoms with Crippen LogP contribution in [0.2, 0.25) is 0 Å². The summed E-state index contributed by atoms with van der Waals surface area (Å²) in [5.41, 5.74) is 8.36. The van der Waals surface area contributed by atoms with Crippen LogP contribution in [-0.4, -0.2) is 34.4 Å². The monoisotopic (exact) mass is 365 g/mol. The Morgan fingerprint density at radius 3 is 2.76 bits per heavy atom. The third-order valence-electron chi connectivity index (χ3n) is 4.76. The number of aromatic amines is 1. The Morgan fingerprint density at radius 2 is 2.12 bits per heavy atom. The van der Waals surface area contributed by atoms with E-state index >= 15 is 0 Å². The van der Waals surface area contributed by atoms with Gasteiger partial charge in [0, 0.05) is 42.2 Å². The van der Waals surface area contributed by atoms with Crippen LogP contribution in [0.15, 0.2) is 28.0 Å². The van der Waals surface area contributed by atoms with Crippen molar-refractivity contribution in [1.29, 1.82) is 0 Å². The number of pyridine rings is 1. The minimum Gasteiger partial charge on any atom is -0.370 e. The molecule has 25 heavy (non-hydrogen) atoms. The second kappa shape index (κ2) is 7.84. The Labute approximate surface area is 152 Å². The van der Waals surface area contributed by atoms with Gasteiger partial charge in [-0.25, -0.2) is 4.68 Å². The summed E-state index contributed by atoms with van der Waals surface area (Å²) in [6.07, 6.45) is 4.42. The van der Waals surface area contributed by atoms with E-state index < -0.39 is 0 Å². The molecular formula is C17H24ClN5O2. The quantitative estimate of drug-likeness (QED) is 0.835. The van der Waals surface area contributed by atoms with Gasteiger partial charge in [0.05, 0.1) is 18.4 Å². The van der Waals surface area contributed by atoms with Crippen molar-refractivity contribution in [3.05, 3.63) is 55.9 Å². The third kappa shape index (κ3) is 3.93. The van der Waals surface area contributed by atoms with Crippen LogP contribution in [-0.2, 0) is 6.54 Å². The summed E-state index contributed by atoms with van der Waals surface area (Å²) in [5.74, 6) is 0.479. The van der Waals surface area contributed by atoms with E-state index in [-0.39, 0.29) is 29.9 Å². The van der Waals surface area contributed by atoms with Crippen molar-refractivity contribution in [3.63, 3.8) is 0 Å². The normalized spacial score (nSPS) is 16.8. The first kappa shape index (κ1) is 19.2. The van der Waals surface area contributed by atoms with Crippen molar-refractivity contribution >= 4 is 18.1 Å². The molecule has 8 heteroatoms. The van der Waals surface area contributed by atoms with E-state index in [2.05, 4.69) is 15.0 Å². The summed E-state index contributed by atoms with van der Waals surface area (Å²) in [6, 6.07) is 1.60. The predicted octanol–water partition coefficient (Wildman–Crippen LogP) is 0.804.